The lowest BCUT2D eigenvalue weighted by Gasteiger charge is -2.27. The summed E-state index contributed by atoms with van der Waals surface area (Å²) >= 11 is 0. The Labute approximate surface area is 115 Å². The molecule has 1 saturated heterocycles. The van der Waals surface area contributed by atoms with Crippen LogP contribution in [-0.4, -0.2) is 68.9 Å². The molecule has 0 bridgehead atoms. The number of carbonyl (C=O) groups excluding carboxylic acids is 1. The van der Waals surface area contributed by atoms with Crippen LogP contribution in [0.3, 0.4) is 0 Å². The van der Waals surface area contributed by atoms with Crippen LogP contribution in [0, 0.1) is 5.92 Å². The third kappa shape index (κ3) is 4.18. The van der Waals surface area contributed by atoms with Crippen molar-refractivity contribution in [1.29, 1.82) is 0 Å². The summed E-state index contributed by atoms with van der Waals surface area (Å²) in [5, 5.41) is 0. The van der Waals surface area contributed by atoms with Gasteiger partial charge in [-0.2, -0.15) is 0 Å². The summed E-state index contributed by atoms with van der Waals surface area (Å²) in [5.74, 6) is -0.0537. The topological polar surface area (TPSA) is 57.7 Å². The van der Waals surface area contributed by atoms with E-state index in [4.69, 9.17) is 0 Å². The van der Waals surface area contributed by atoms with Crippen molar-refractivity contribution in [2.45, 2.75) is 31.7 Å². The normalized spacial score (nSPS) is 26.4. The van der Waals surface area contributed by atoms with E-state index in [9.17, 15) is 13.2 Å². The molecular weight excluding hydrogens is 264 g/mol. The molecule has 1 amide bonds. The predicted octanol–water partition coefficient (Wildman–Crippen LogP) is 0.364. The van der Waals surface area contributed by atoms with E-state index >= 15 is 0 Å². The summed E-state index contributed by atoms with van der Waals surface area (Å²) in [6, 6.07) is 0.693. The van der Waals surface area contributed by atoms with Gasteiger partial charge in [-0.15, -0.1) is 0 Å². The first kappa shape index (κ1) is 14.8. The molecule has 0 N–H and O–H groups in total. The Bertz CT molecular complexity index is 431. The third-order valence-electron chi connectivity index (χ3n) is 4.15. The number of amides is 1. The Hall–Kier alpha value is -0.620. The molecular formula is C13H24N2O3S. The van der Waals surface area contributed by atoms with Crippen LogP contribution in [0.4, 0.5) is 0 Å². The van der Waals surface area contributed by atoms with Gasteiger partial charge in [0.25, 0.3) is 0 Å². The molecule has 1 saturated carbocycles. The molecule has 0 aromatic heterocycles. The zero-order chi connectivity index (χ0) is 14.0. The van der Waals surface area contributed by atoms with Crippen molar-refractivity contribution in [1.82, 2.24) is 9.80 Å². The van der Waals surface area contributed by atoms with E-state index in [1.54, 1.807) is 11.9 Å². The van der Waals surface area contributed by atoms with Gasteiger partial charge in [-0.25, -0.2) is 8.42 Å². The van der Waals surface area contributed by atoms with E-state index in [0.29, 0.717) is 25.4 Å². The van der Waals surface area contributed by atoms with Crippen LogP contribution in [0.25, 0.3) is 0 Å². The van der Waals surface area contributed by atoms with Crippen LogP contribution in [0.5, 0.6) is 0 Å². The molecule has 0 spiro atoms. The number of rotatable bonds is 5. The number of likely N-dealkylation sites (N-methyl/N-ethyl adjacent to an activating group) is 2. The molecule has 5 nitrogen and oxygen atoms in total. The maximum absolute atomic E-state index is 12.2. The largest absolute Gasteiger partial charge is 0.344 e. The van der Waals surface area contributed by atoms with Gasteiger partial charge in [0.1, 0.15) is 0 Å². The highest BCUT2D eigenvalue weighted by atomic mass is 32.2. The Kier molecular flexibility index (Phi) is 4.50. The first-order valence-electron chi connectivity index (χ1n) is 7.05. The molecule has 0 aromatic rings. The van der Waals surface area contributed by atoms with Crippen molar-refractivity contribution >= 4 is 15.7 Å². The van der Waals surface area contributed by atoms with E-state index in [1.165, 1.54) is 12.8 Å². The van der Waals surface area contributed by atoms with Crippen LogP contribution in [-0.2, 0) is 14.6 Å². The predicted molar refractivity (Wildman–Crippen MR) is 74.7 cm³/mol. The number of hydrogen-bond donors (Lipinski definition) is 0. The van der Waals surface area contributed by atoms with E-state index in [2.05, 4.69) is 11.9 Å². The van der Waals surface area contributed by atoms with Gasteiger partial charge in [-0.05, 0) is 32.7 Å². The maximum Gasteiger partial charge on any atom is 0.226 e. The maximum atomic E-state index is 12.2. The lowest BCUT2D eigenvalue weighted by molar-refractivity contribution is -0.134. The van der Waals surface area contributed by atoms with E-state index in [1.807, 2.05) is 0 Å². The second-order valence-corrected chi connectivity index (χ2v) is 8.15. The highest BCUT2D eigenvalue weighted by Gasteiger charge is 2.32. The second-order valence-electron chi connectivity index (χ2n) is 5.93. The molecule has 6 heteroatoms. The Morgan fingerprint density at radius 1 is 1.16 bits per heavy atom. The highest BCUT2D eigenvalue weighted by Crippen LogP contribution is 2.25. The van der Waals surface area contributed by atoms with E-state index in [-0.39, 0.29) is 23.3 Å². The monoisotopic (exact) mass is 288 g/mol. The number of hydrogen-bond acceptors (Lipinski definition) is 4. The average Bonchev–Trinajstić information content (AvgIpc) is 3.17. The lowest BCUT2D eigenvalue weighted by Crippen LogP contribution is -2.42. The van der Waals surface area contributed by atoms with Crippen LogP contribution in [0.2, 0.25) is 0 Å². The molecule has 0 aromatic carbocycles. The zero-order valence-electron chi connectivity index (χ0n) is 11.8. The fourth-order valence-electron chi connectivity index (χ4n) is 2.65. The van der Waals surface area contributed by atoms with Crippen molar-refractivity contribution in [3.05, 3.63) is 0 Å². The van der Waals surface area contributed by atoms with Crippen LogP contribution in [0.1, 0.15) is 25.7 Å². The minimum Gasteiger partial charge on any atom is -0.344 e. The van der Waals surface area contributed by atoms with Gasteiger partial charge >= 0.3 is 0 Å². The SMILES string of the molecule is CN(CCN(C)C1CC1)C(=O)[C@H]1CCCS(=O)(=O)C1. The van der Waals surface area contributed by atoms with Crippen molar-refractivity contribution in [3.8, 4) is 0 Å². The van der Waals surface area contributed by atoms with Crippen LogP contribution >= 0.6 is 0 Å². The summed E-state index contributed by atoms with van der Waals surface area (Å²) < 4.78 is 23.1. The standard InChI is InChI=1S/C13H24N2O3S/c1-14(12-5-6-12)7-8-15(2)13(16)11-4-3-9-19(17,18)10-11/h11-12H,3-10H2,1-2H3/t11-/m0/s1. The Balaban J connectivity index is 1.80. The minimum absolute atomic E-state index is 0.00697. The fourth-order valence-corrected chi connectivity index (χ4v) is 4.34. The van der Waals surface area contributed by atoms with Gasteiger partial charge in [0.2, 0.25) is 5.91 Å². The van der Waals surface area contributed by atoms with Crippen LogP contribution in [0.15, 0.2) is 0 Å². The first-order valence-corrected chi connectivity index (χ1v) is 8.87. The van der Waals surface area contributed by atoms with Gasteiger partial charge in [-0.3, -0.25) is 4.79 Å². The van der Waals surface area contributed by atoms with E-state index < -0.39 is 9.84 Å². The number of sulfone groups is 1. The molecule has 0 radical (unpaired) electrons. The quantitative estimate of drug-likeness (QED) is 0.733. The average molecular weight is 288 g/mol. The highest BCUT2D eigenvalue weighted by molar-refractivity contribution is 7.91. The Morgan fingerprint density at radius 2 is 1.84 bits per heavy atom. The number of carbonyl (C=O) groups is 1. The van der Waals surface area contributed by atoms with E-state index in [0.717, 1.165) is 6.54 Å². The first-order chi connectivity index (χ1) is 8.89. The number of nitrogens with zero attached hydrogens (tertiary/aromatic N) is 2. The molecule has 0 unspecified atom stereocenters. The Morgan fingerprint density at radius 3 is 2.42 bits per heavy atom. The van der Waals surface area contributed by atoms with Gasteiger partial charge in [0, 0.05) is 26.2 Å². The molecule has 19 heavy (non-hydrogen) atoms. The molecule has 1 heterocycles. The molecule has 2 rings (SSSR count). The molecule has 1 aliphatic carbocycles. The molecule has 1 atom stereocenters. The van der Waals surface area contributed by atoms with Gasteiger partial charge < -0.3 is 9.80 Å². The zero-order valence-corrected chi connectivity index (χ0v) is 12.7. The summed E-state index contributed by atoms with van der Waals surface area (Å²) in [6.45, 7) is 1.55. The smallest absolute Gasteiger partial charge is 0.226 e. The third-order valence-corrected chi connectivity index (χ3v) is 5.97. The fraction of sp³-hybridized carbons (Fsp3) is 0.923. The molecule has 2 aliphatic rings. The van der Waals surface area contributed by atoms with Crippen molar-refractivity contribution in [3.63, 3.8) is 0 Å². The van der Waals surface area contributed by atoms with Gasteiger partial charge in [-0.1, -0.05) is 0 Å². The van der Waals surface area contributed by atoms with Gasteiger partial charge in [0.15, 0.2) is 9.84 Å². The summed E-state index contributed by atoms with van der Waals surface area (Å²) in [5.41, 5.74) is 0. The van der Waals surface area contributed by atoms with Crippen LogP contribution < -0.4 is 0 Å². The molecule has 1 aliphatic heterocycles. The summed E-state index contributed by atoms with van der Waals surface area (Å²) in [6.07, 6.45) is 3.85. The van der Waals surface area contributed by atoms with Crippen molar-refractivity contribution in [2.24, 2.45) is 5.92 Å². The van der Waals surface area contributed by atoms with Crippen molar-refractivity contribution < 1.29 is 13.2 Å². The summed E-state index contributed by atoms with van der Waals surface area (Å²) in [4.78, 5) is 16.2. The summed E-state index contributed by atoms with van der Waals surface area (Å²) in [7, 11) is 0.863. The second kappa shape index (κ2) is 5.79. The minimum atomic E-state index is -3.00. The molecule has 110 valence electrons. The van der Waals surface area contributed by atoms with Crippen molar-refractivity contribution in [2.75, 3.05) is 38.7 Å². The van der Waals surface area contributed by atoms with Gasteiger partial charge in [0.05, 0.1) is 17.4 Å². The molecule has 2 fully saturated rings. The lowest BCUT2D eigenvalue weighted by atomic mass is 10.0.